The molecule has 0 spiro atoms. The predicted molar refractivity (Wildman–Crippen MR) is 211 cm³/mol. The SMILES string of the molecule is c1ccc(-c2ccc3oc4cccc(N(c5ccccc5)c5cccc(C6(c7ccccc7)c7ccccc7-c7ccccc76)c5)c4c3c2)cc1. The topological polar surface area (TPSA) is 16.4 Å². The van der Waals surface area contributed by atoms with Crippen LogP contribution < -0.4 is 4.90 Å². The van der Waals surface area contributed by atoms with Gasteiger partial charge in [-0.1, -0.05) is 152 Å². The van der Waals surface area contributed by atoms with Crippen molar-refractivity contribution in [3.8, 4) is 22.3 Å². The van der Waals surface area contributed by atoms with Crippen LogP contribution in [0.4, 0.5) is 17.1 Å². The molecule has 1 aromatic heterocycles. The average Bonchev–Trinajstić information content (AvgIpc) is 3.73. The molecule has 2 nitrogen and oxygen atoms in total. The van der Waals surface area contributed by atoms with Gasteiger partial charge >= 0.3 is 0 Å². The first-order chi connectivity index (χ1) is 25.3. The summed E-state index contributed by atoms with van der Waals surface area (Å²) in [4.78, 5) is 2.39. The third kappa shape index (κ3) is 4.50. The zero-order valence-corrected chi connectivity index (χ0v) is 27.9. The van der Waals surface area contributed by atoms with E-state index in [1.165, 1.54) is 38.9 Å². The second-order valence-electron chi connectivity index (χ2n) is 13.3. The normalized spacial score (nSPS) is 12.9. The first kappa shape index (κ1) is 29.3. The minimum Gasteiger partial charge on any atom is -0.456 e. The third-order valence-corrected chi connectivity index (χ3v) is 10.5. The minimum absolute atomic E-state index is 0.494. The zero-order valence-electron chi connectivity index (χ0n) is 27.9. The highest BCUT2D eigenvalue weighted by molar-refractivity contribution is 6.14. The quantitative estimate of drug-likeness (QED) is 0.178. The van der Waals surface area contributed by atoms with Crippen LogP contribution in [0.3, 0.4) is 0 Å². The summed E-state index contributed by atoms with van der Waals surface area (Å²) in [5.41, 5.74) is 14.5. The van der Waals surface area contributed by atoms with Gasteiger partial charge in [-0.25, -0.2) is 0 Å². The van der Waals surface area contributed by atoms with Crippen molar-refractivity contribution in [1.82, 2.24) is 0 Å². The van der Waals surface area contributed by atoms with Crippen molar-refractivity contribution in [1.29, 1.82) is 0 Å². The van der Waals surface area contributed by atoms with E-state index >= 15 is 0 Å². The van der Waals surface area contributed by atoms with Crippen molar-refractivity contribution in [2.24, 2.45) is 0 Å². The monoisotopic (exact) mass is 651 g/mol. The minimum atomic E-state index is -0.494. The van der Waals surface area contributed by atoms with Crippen molar-refractivity contribution in [3.05, 3.63) is 222 Å². The molecule has 0 saturated heterocycles. The molecular weight excluding hydrogens is 619 g/mol. The van der Waals surface area contributed by atoms with Gasteiger partial charge in [0, 0.05) is 16.8 Å². The van der Waals surface area contributed by atoms with Crippen LogP contribution >= 0.6 is 0 Å². The first-order valence-electron chi connectivity index (χ1n) is 17.5. The van der Waals surface area contributed by atoms with Crippen molar-refractivity contribution < 1.29 is 4.42 Å². The summed E-state index contributed by atoms with van der Waals surface area (Å²) in [6.07, 6.45) is 0. The lowest BCUT2D eigenvalue weighted by molar-refractivity contribution is 0.669. The van der Waals surface area contributed by atoms with Crippen LogP contribution in [0.15, 0.2) is 205 Å². The summed E-state index contributed by atoms with van der Waals surface area (Å²) in [7, 11) is 0. The van der Waals surface area contributed by atoms with E-state index < -0.39 is 5.41 Å². The van der Waals surface area contributed by atoms with Gasteiger partial charge in [0.15, 0.2) is 0 Å². The molecular formula is C49H33NO. The molecule has 0 saturated carbocycles. The summed E-state index contributed by atoms with van der Waals surface area (Å²) in [5, 5.41) is 2.19. The molecule has 8 aromatic carbocycles. The van der Waals surface area contributed by atoms with E-state index in [1.807, 2.05) is 0 Å². The van der Waals surface area contributed by atoms with Gasteiger partial charge < -0.3 is 9.32 Å². The molecule has 1 heterocycles. The molecule has 0 N–H and O–H groups in total. The number of nitrogens with zero attached hydrogens (tertiary/aromatic N) is 1. The lowest BCUT2D eigenvalue weighted by atomic mass is 9.67. The first-order valence-corrected chi connectivity index (χ1v) is 17.5. The lowest BCUT2D eigenvalue weighted by Crippen LogP contribution is -2.28. The van der Waals surface area contributed by atoms with Crippen LogP contribution in [0.25, 0.3) is 44.2 Å². The standard InChI is InChI=1S/C49H33NO/c1-4-16-34(17-5-1)35-30-31-46-42(32-35)48-45(28-15-29-47(48)51-46)50(38-21-8-3-9-22-38)39-23-14-20-37(33-39)49(36-18-6-2-7-19-36)43-26-12-10-24-40(43)41-25-11-13-27-44(41)49/h1-33H. The van der Waals surface area contributed by atoms with E-state index in [2.05, 4.69) is 205 Å². The summed E-state index contributed by atoms with van der Waals surface area (Å²) in [6.45, 7) is 0. The van der Waals surface area contributed by atoms with Gasteiger partial charge in [-0.05, 0) is 93.0 Å². The number of furan rings is 1. The Hall–Kier alpha value is -6.64. The fourth-order valence-corrected chi connectivity index (χ4v) is 8.40. The largest absolute Gasteiger partial charge is 0.456 e. The van der Waals surface area contributed by atoms with E-state index in [1.54, 1.807) is 0 Å². The highest BCUT2D eigenvalue weighted by Crippen LogP contribution is 2.56. The van der Waals surface area contributed by atoms with Crippen molar-refractivity contribution in [3.63, 3.8) is 0 Å². The summed E-state index contributed by atoms with van der Waals surface area (Å²) in [6, 6.07) is 72.2. The number of hydrogen-bond acceptors (Lipinski definition) is 2. The molecule has 0 atom stereocenters. The smallest absolute Gasteiger partial charge is 0.137 e. The highest BCUT2D eigenvalue weighted by atomic mass is 16.3. The average molecular weight is 652 g/mol. The zero-order chi connectivity index (χ0) is 33.8. The van der Waals surface area contributed by atoms with Crippen molar-refractivity contribution >= 4 is 39.0 Å². The maximum absolute atomic E-state index is 6.54. The number of fused-ring (bicyclic) bond motifs is 6. The maximum atomic E-state index is 6.54. The Balaban J connectivity index is 1.24. The second kappa shape index (κ2) is 11.8. The van der Waals surface area contributed by atoms with Gasteiger partial charge in [-0.2, -0.15) is 0 Å². The van der Waals surface area contributed by atoms with Gasteiger partial charge in [-0.3, -0.25) is 0 Å². The van der Waals surface area contributed by atoms with Crippen LogP contribution in [-0.2, 0) is 5.41 Å². The molecule has 0 unspecified atom stereocenters. The van der Waals surface area contributed by atoms with Gasteiger partial charge in [0.1, 0.15) is 11.2 Å². The van der Waals surface area contributed by atoms with Crippen LogP contribution in [0.2, 0.25) is 0 Å². The molecule has 1 aliphatic rings. The summed E-state index contributed by atoms with van der Waals surface area (Å²) >= 11 is 0. The molecule has 240 valence electrons. The van der Waals surface area contributed by atoms with Gasteiger partial charge in [0.2, 0.25) is 0 Å². The summed E-state index contributed by atoms with van der Waals surface area (Å²) in [5.74, 6) is 0. The number of para-hydroxylation sites is 1. The number of rotatable bonds is 6. The van der Waals surface area contributed by atoms with Crippen LogP contribution in [-0.4, -0.2) is 0 Å². The number of anilines is 3. The molecule has 0 bridgehead atoms. The Bertz CT molecular complexity index is 2650. The highest BCUT2D eigenvalue weighted by Gasteiger charge is 2.46. The second-order valence-corrected chi connectivity index (χ2v) is 13.3. The van der Waals surface area contributed by atoms with E-state index in [-0.39, 0.29) is 0 Å². The van der Waals surface area contributed by atoms with E-state index in [0.717, 1.165) is 44.6 Å². The molecule has 0 amide bonds. The van der Waals surface area contributed by atoms with Crippen molar-refractivity contribution in [2.45, 2.75) is 5.41 Å². The molecule has 0 radical (unpaired) electrons. The van der Waals surface area contributed by atoms with Gasteiger partial charge in [0.25, 0.3) is 0 Å². The van der Waals surface area contributed by atoms with Crippen LogP contribution in [0, 0.1) is 0 Å². The molecule has 2 heteroatoms. The Kier molecular flexibility index (Phi) is 6.75. The fourth-order valence-electron chi connectivity index (χ4n) is 8.40. The van der Waals surface area contributed by atoms with E-state index in [0.29, 0.717) is 0 Å². The van der Waals surface area contributed by atoms with Gasteiger partial charge in [0.05, 0.1) is 16.5 Å². The molecule has 0 aliphatic heterocycles. The summed E-state index contributed by atoms with van der Waals surface area (Å²) < 4.78 is 6.54. The lowest BCUT2D eigenvalue weighted by Gasteiger charge is -2.35. The Morgan fingerprint density at radius 2 is 0.980 bits per heavy atom. The van der Waals surface area contributed by atoms with E-state index in [4.69, 9.17) is 4.42 Å². The molecule has 10 rings (SSSR count). The molecule has 0 fully saturated rings. The van der Waals surface area contributed by atoms with Crippen LogP contribution in [0.1, 0.15) is 22.3 Å². The van der Waals surface area contributed by atoms with Gasteiger partial charge in [-0.15, -0.1) is 0 Å². The molecule has 9 aromatic rings. The number of hydrogen-bond donors (Lipinski definition) is 0. The third-order valence-electron chi connectivity index (χ3n) is 10.5. The fraction of sp³-hybridized carbons (Fsp3) is 0.0204. The Morgan fingerprint density at radius 1 is 0.392 bits per heavy atom. The Morgan fingerprint density at radius 3 is 1.71 bits per heavy atom. The maximum Gasteiger partial charge on any atom is 0.137 e. The molecule has 51 heavy (non-hydrogen) atoms. The predicted octanol–water partition coefficient (Wildman–Crippen LogP) is 13.1. The van der Waals surface area contributed by atoms with Crippen LogP contribution in [0.5, 0.6) is 0 Å². The van der Waals surface area contributed by atoms with E-state index in [9.17, 15) is 0 Å². The Labute approximate surface area is 297 Å². The van der Waals surface area contributed by atoms with Crippen molar-refractivity contribution in [2.75, 3.05) is 4.90 Å². The molecule has 1 aliphatic carbocycles. The number of benzene rings is 8.